The van der Waals surface area contributed by atoms with E-state index in [1.54, 1.807) is 12.3 Å². The molecule has 0 radical (unpaired) electrons. The highest BCUT2D eigenvalue weighted by Gasteiger charge is 2.57. The second kappa shape index (κ2) is 7.45. The third-order valence-electron chi connectivity index (χ3n) is 5.05. The lowest BCUT2D eigenvalue weighted by Crippen LogP contribution is -2.48. The molecule has 148 valence electrons. The number of H-pyrrole nitrogens is 1. The summed E-state index contributed by atoms with van der Waals surface area (Å²) < 4.78 is 62.8. The molecule has 6 nitrogen and oxygen atoms in total. The first-order valence-corrected chi connectivity index (χ1v) is 8.55. The largest absolute Gasteiger partial charge is 0.454 e. The number of hydrogen-bond acceptors (Lipinski definition) is 5. The van der Waals surface area contributed by atoms with E-state index in [0.717, 1.165) is 5.39 Å². The molecule has 0 bridgehead atoms. The van der Waals surface area contributed by atoms with Crippen LogP contribution in [-0.4, -0.2) is 39.6 Å². The van der Waals surface area contributed by atoms with Gasteiger partial charge in [0.05, 0.1) is 12.2 Å². The Kier molecular flexibility index (Phi) is 5.41. The second-order valence-electron chi connectivity index (χ2n) is 6.77. The number of aromatic nitrogens is 3. The van der Waals surface area contributed by atoms with Crippen molar-refractivity contribution in [3.05, 3.63) is 24.3 Å². The lowest BCUT2D eigenvalue weighted by atomic mass is 9.80. The molecule has 3 rings (SSSR count). The maximum Gasteiger partial charge on any atom is 0.454 e. The van der Waals surface area contributed by atoms with Crippen molar-refractivity contribution in [2.45, 2.75) is 49.9 Å². The highest BCUT2D eigenvalue weighted by molar-refractivity contribution is 5.78. The molecule has 11 heteroatoms. The molecule has 1 aliphatic rings. The molecule has 2 aromatic heterocycles. The lowest BCUT2D eigenvalue weighted by Gasteiger charge is -2.32. The fourth-order valence-electron chi connectivity index (χ4n) is 3.53. The van der Waals surface area contributed by atoms with Crippen molar-refractivity contribution in [1.82, 2.24) is 20.3 Å². The van der Waals surface area contributed by atoms with Gasteiger partial charge in [0.2, 0.25) is 0 Å². The molecule has 2 heterocycles. The average molecular weight is 390 g/mol. The van der Waals surface area contributed by atoms with Crippen LogP contribution in [0.25, 0.3) is 11.0 Å². The molecule has 27 heavy (non-hydrogen) atoms. The van der Waals surface area contributed by atoms with Gasteiger partial charge in [0.15, 0.2) is 0 Å². The molecular weight excluding hydrogens is 371 g/mol. The quantitative estimate of drug-likeness (QED) is 0.505. The smallest absolute Gasteiger partial charge is 0.346 e. The van der Waals surface area contributed by atoms with Gasteiger partial charge >= 0.3 is 12.1 Å². The summed E-state index contributed by atoms with van der Waals surface area (Å²) in [6.07, 6.45) is -0.472. The third-order valence-corrected chi connectivity index (χ3v) is 5.05. The second-order valence-corrected chi connectivity index (χ2v) is 6.77. The van der Waals surface area contributed by atoms with Crippen LogP contribution < -0.4 is 5.32 Å². The van der Waals surface area contributed by atoms with Crippen molar-refractivity contribution in [3.63, 3.8) is 0 Å². The van der Waals surface area contributed by atoms with Gasteiger partial charge < -0.3 is 10.3 Å². The highest BCUT2D eigenvalue weighted by atomic mass is 19.4. The normalized spacial score (nSPS) is 22.7. The predicted molar refractivity (Wildman–Crippen MR) is 86.5 cm³/mol. The van der Waals surface area contributed by atoms with E-state index in [-0.39, 0.29) is 5.92 Å². The van der Waals surface area contributed by atoms with E-state index in [1.165, 1.54) is 6.33 Å². The number of fused-ring (bicyclic) bond motifs is 1. The summed E-state index contributed by atoms with van der Waals surface area (Å²) in [5.74, 6) is -4.78. The molecule has 1 atom stereocenters. The van der Waals surface area contributed by atoms with E-state index in [2.05, 4.69) is 25.4 Å². The maximum atomic E-state index is 13.0. The Morgan fingerprint density at radius 1 is 1.19 bits per heavy atom. The van der Waals surface area contributed by atoms with Crippen molar-refractivity contribution in [2.24, 2.45) is 11.0 Å². The van der Waals surface area contributed by atoms with E-state index in [0.29, 0.717) is 37.0 Å². The molecule has 0 aromatic carbocycles. The molecule has 1 fully saturated rings. The van der Waals surface area contributed by atoms with Gasteiger partial charge in [-0.2, -0.15) is 27.1 Å². The number of halogens is 5. The van der Waals surface area contributed by atoms with E-state index < -0.39 is 30.7 Å². The molecule has 1 aliphatic carbocycles. The molecule has 3 N–H and O–H groups in total. The van der Waals surface area contributed by atoms with Gasteiger partial charge in [-0.15, -0.1) is 0 Å². The molecular formula is C16H19F5N6. The molecule has 0 aliphatic heterocycles. The maximum absolute atomic E-state index is 13.0. The van der Waals surface area contributed by atoms with E-state index in [4.69, 9.17) is 5.53 Å². The summed E-state index contributed by atoms with van der Waals surface area (Å²) in [4.78, 5) is 11.3. The molecule has 2 aromatic rings. The zero-order chi connectivity index (χ0) is 19.7. The van der Waals surface area contributed by atoms with Gasteiger partial charge in [-0.1, -0.05) is 0 Å². The Balaban J connectivity index is 1.61. The molecule has 0 saturated heterocycles. The van der Waals surface area contributed by atoms with E-state index >= 15 is 0 Å². The van der Waals surface area contributed by atoms with Gasteiger partial charge in [-0.3, -0.25) is 0 Å². The standard InChI is InChI=1S/C16H19F5N6/c17-15(18,16(19,20)21)7-24-10-3-1-9(2-4-10)12(27-22)13-11-5-6-23-14(11)26-8-25-13/h5-6,8-10,12,22,24H,1-4,7H2,(H,23,25,26). The highest BCUT2D eigenvalue weighted by Crippen LogP contribution is 2.39. The summed E-state index contributed by atoms with van der Waals surface area (Å²) in [5, 5.41) is 6.81. The molecule has 1 unspecified atom stereocenters. The van der Waals surface area contributed by atoms with Crippen LogP contribution in [0.5, 0.6) is 0 Å². The van der Waals surface area contributed by atoms with Gasteiger partial charge in [0.25, 0.3) is 0 Å². The van der Waals surface area contributed by atoms with Crippen LogP contribution in [0.1, 0.15) is 37.4 Å². The summed E-state index contributed by atoms with van der Waals surface area (Å²) in [5.41, 5.74) is 8.82. The Hall–Kier alpha value is -2.17. The number of rotatable bonds is 6. The van der Waals surface area contributed by atoms with Gasteiger partial charge in [0.1, 0.15) is 18.0 Å². The van der Waals surface area contributed by atoms with E-state index in [9.17, 15) is 22.0 Å². The lowest BCUT2D eigenvalue weighted by molar-refractivity contribution is -0.279. The Morgan fingerprint density at radius 2 is 1.89 bits per heavy atom. The van der Waals surface area contributed by atoms with Crippen molar-refractivity contribution in [1.29, 1.82) is 5.53 Å². The predicted octanol–water partition coefficient (Wildman–Crippen LogP) is 4.38. The summed E-state index contributed by atoms with van der Waals surface area (Å²) in [6.45, 7) is -1.42. The zero-order valence-electron chi connectivity index (χ0n) is 14.2. The van der Waals surface area contributed by atoms with Crippen LogP contribution in [0.3, 0.4) is 0 Å². The van der Waals surface area contributed by atoms with Crippen LogP contribution in [0.15, 0.2) is 23.7 Å². The monoisotopic (exact) mass is 390 g/mol. The molecule has 0 amide bonds. The minimum atomic E-state index is -5.55. The molecule has 0 spiro atoms. The van der Waals surface area contributed by atoms with Crippen molar-refractivity contribution >= 4 is 11.0 Å². The fraction of sp³-hybridized carbons (Fsp3) is 0.625. The first kappa shape index (κ1) is 19.6. The van der Waals surface area contributed by atoms with Gasteiger partial charge in [-0.25, -0.2) is 15.5 Å². The Morgan fingerprint density at radius 3 is 2.52 bits per heavy atom. The average Bonchev–Trinajstić information content (AvgIpc) is 3.10. The topological polar surface area (TPSA) is 89.8 Å². The fourth-order valence-corrected chi connectivity index (χ4v) is 3.53. The van der Waals surface area contributed by atoms with Crippen LogP contribution in [0.4, 0.5) is 22.0 Å². The SMILES string of the molecule is N=NC(c1ncnc2[nH]ccc12)C1CCC(NCC(F)(F)C(F)(F)F)CC1. The number of nitrogens with one attached hydrogen (secondary N) is 3. The van der Waals surface area contributed by atoms with Crippen LogP contribution in [0, 0.1) is 11.4 Å². The minimum Gasteiger partial charge on any atom is -0.346 e. The molecule has 1 saturated carbocycles. The third kappa shape index (κ3) is 4.07. The zero-order valence-corrected chi connectivity index (χ0v) is 14.2. The Bertz CT molecular complexity index is 781. The van der Waals surface area contributed by atoms with E-state index in [1.807, 2.05) is 0 Å². The van der Waals surface area contributed by atoms with Gasteiger partial charge in [0, 0.05) is 17.6 Å². The number of aromatic amines is 1. The van der Waals surface area contributed by atoms with Gasteiger partial charge in [-0.05, 0) is 37.7 Å². The van der Waals surface area contributed by atoms with Crippen molar-refractivity contribution in [3.8, 4) is 0 Å². The number of nitrogens with zero attached hydrogens (tertiary/aromatic N) is 3. The number of hydrogen-bond donors (Lipinski definition) is 3. The first-order chi connectivity index (χ1) is 12.7. The van der Waals surface area contributed by atoms with Crippen LogP contribution in [-0.2, 0) is 0 Å². The van der Waals surface area contributed by atoms with Crippen molar-refractivity contribution < 1.29 is 22.0 Å². The Labute approximate surface area is 151 Å². The van der Waals surface area contributed by atoms with Crippen molar-refractivity contribution in [2.75, 3.05) is 6.54 Å². The van der Waals surface area contributed by atoms with Crippen LogP contribution in [0.2, 0.25) is 0 Å². The number of alkyl halides is 5. The minimum absolute atomic E-state index is 0.0309. The summed E-state index contributed by atoms with van der Waals surface area (Å²) in [6, 6.07) is 0.886. The summed E-state index contributed by atoms with van der Waals surface area (Å²) in [7, 11) is 0. The summed E-state index contributed by atoms with van der Waals surface area (Å²) >= 11 is 0. The first-order valence-electron chi connectivity index (χ1n) is 8.55. The van der Waals surface area contributed by atoms with Crippen LogP contribution >= 0.6 is 0 Å².